The molecule has 0 aromatic rings. The van der Waals surface area contributed by atoms with Gasteiger partial charge >= 0.3 is 0 Å². The van der Waals surface area contributed by atoms with Crippen molar-refractivity contribution in [2.24, 2.45) is 11.8 Å². The van der Waals surface area contributed by atoms with Crippen molar-refractivity contribution in [2.75, 3.05) is 26.4 Å². The second-order valence-corrected chi connectivity index (χ2v) is 8.94. The molecule has 2 rings (SSSR count). The Labute approximate surface area is 191 Å². The van der Waals surface area contributed by atoms with Gasteiger partial charge in [0.15, 0.2) is 0 Å². The highest BCUT2D eigenvalue weighted by molar-refractivity contribution is 4.97. The van der Waals surface area contributed by atoms with Crippen molar-refractivity contribution in [1.82, 2.24) is 0 Å². The largest absolute Gasteiger partial charge is 0.394 e. The van der Waals surface area contributed by atoms with Gasteiger partial charge in [0.1, 0.15) is 18.3 Å². The Kier molecular flexibility index (Phi) is 11.3. The fraction of sp³-hybridized carbons (Fsp3) is 1.00. The molecule has 0 aromatic heterocycles. The summed E-state index contributed by atoms with van der Waals surface area (Å²) in [4.78, 5) is 0. The third-order valence-corrected chi connectivity index (χ3v) is 6.74. The van der Waals surface area contributed by atoms with Crippen molar-refractivity contribution < 1.29 is 65.6 Å². The summed E-state index contributed by atoms with van der Waals surface area (Å²) in [5, 5.41) is 109. The van der Waals surface area contributed by atoms with E-state index in [1.165, 1.54) is 0 Å². The van der Waals surface area contributed by atoms with E-state index in [0.717, 1.165) is 0 Å². The minimum atomic E-state index is -1.68. The van der Waals surface area contributed by atoms with E-state index >= 15 is 0 Å². The van der Waals surface area contributed by atoms with Crippen LogP contribution in [0.15, 0.2) is 0 Å². The van der Waals surface area contributed by atoms with Gasteiger partial charge in [0.25, 0.3) is 0 Å². The van der Waals surface area contributed by atoms with Gasteiger partial charge in [-0.2, -0.15) is 0 Å². The quantitative estimate of drug-likeness (QED) is 0.131. The number of hydrogen-bond acceptors (Lipinski definition) is 13. The van der Waals surface area contributed by atoms with Gasteiger partial charge in [0.05, 0.1) is 75.3 Å². The Morgan fingerprint density at radius 2 is 1.33 bits per heavy atom. The van der Waals surface area contributed by atoms with E-state index in [2.05, 4.69) is 0 Å². The highest BCUT2D eigenvalue weighted by Crippen LogP contribution is 2.36. The topological polar surface area (TPSA) is 241 Å². The molecule has 0 aromatic carbocycles. The van der Waals surface area contributed by atoms with Gasteiger partial charge in [0, 0.05) is 18.3 Å². The maximum atomic E-state index is 10.8. The van der Waals surface area contributed by atoms with E-state index < -0.39 is 105 Å². The van der Waals surface area contributed by atoms with Crippen LogP contribution in [0.1, 0.15) is 19.3 Å². The lowest BCUT2D eigenvalue weighted by atomic mass is 9.78. The van der Waals surface area contributed by atoms with E-state index in [9.17, 15) is 51.1 Å². The molecule has 11 N–H and O–H groups in total. The van der Waals surface area contributed by atoms with Crippen LogP contribution in [-0.4, -0.2) is 150 Å². The van der Waals surface area contributed by atoms with Crippen LogP contribution in [0.5, 0.6) is 0 Å². The third-order valence-electron chi connectivity index (χ3n) is 6.74. The zero-order valence-corrected chi connectivity index (χ0v) is 18.2. The minimum absolute atomic E-state index is 0.0165. The summed E-state index contributed by atoms with van der Waals surface area (Å²) >= 11 is 0. The lowest BCUT2D eigenvalue weighted by Gasteiger charge is -2.46. The number of aliphatic hydroxyl groups is 11. The van der Waals surface area contributed by atoms with Crippen LogP contribution < -0.4 is 0 Å². The van der Waals surface area contributed by atoms with Gasteiger partial charge < -0.3 is 65.6 Å². The number of ether oxygens (including phenoxy) is 2. The van der Waals surface area contributed by atoms with Crippen molar-refractivity contribution in [3.8, 4) is 0 Å². The van der Waals surface area contributed by atoms with Crippen LogP contribution in [0.25, 0.3) is 0 Å². The summed E-state index contributed by atoms with van der Waals surface area (Å²) in [6, 6.07) is 0. The fourth-order valence-electron chi connectivity index (χ4n) is 4.71. The van der Waals surface area contributed by atoms with Gasteiger partial charge in [-0.05, 0) is 12.8 Å². The lowest BCUT2D eigenvalue weighted by molar-refractivity contribution is -0.237. The summed E-state index contributed by atoms with van der Waals surface area (Å²) in [5.41, 5.74) is 0. The number of hydrogen-bond donors (Lipinski definition) is 11. The van der Waals surface area contributed by atoms with Gasteiger partial charge in [-0.15, -0.1) is 0 Å². The number of aliphatic hydroxyl groups excluding tert-OH is 11. The highest BCUT2D eigenvalue weighted by Gasteiger charge is 2.49. The molecule has 0 spiro atoms. The van der Waals surface area contributed by atoms with Crippen molar-refractivity contribution in [3.05, 3.63) is 0 Å². The summed E-state index contributed by atoms with van der Waals surface area (Å²) in [6.07, 6.45) is -14.9. The summed E-state index contributed by atoms with van der Waals surface area (Å²) in [5.74, 6) is -2.19. The average Bonchev–Trinajstić information content (AvgIpc) is 2.82. The first-order valence-electron chi connectivity index (χ1n) is 11.1. The molecular weight excluding hydrogens is 448 g/mol. The van der Waals surface area contributed by atoms with Crippen LogP contribution >= 0.6 is 0 Å². The molecule has 33 heavy (non-hydrogen) atoms. The molecule has 13 unspecified atom stereocenters. The summed E-state index contributed by atoms with van der Waals surface area (Å²) in [6.45, 7) is -2.61. The molecular formula is C20H38O13. The van der Waals surface area contributed by atoms with Crippen LogP contribution in [0, 0.1) is 11.8 Å². The van der Waals surface area contributed by atoms with Crippen molar-refractivity contribution in [1.29, 1.82) is 0 Å². The monoisotopic (exact) mass is 486 g/mol. The molecule has 196 valence electrons. The summed E-state index contributed by atoms with van der Waals surface area (Å²) < 4.78 is 11.3. The molecule has 0 saturated carbocycles. The Balaban J connectivity index is 2.15. The lowest BCUT2D eigenvalue weighted by Crippen LogP contribution is -2.59. The second-order valence-electron chi connectivity index (χ2n) is 8.94. The van der Waals surface area contributed by atoms with Crippen molar-refractivity contribution >= 4 is 0 Å². The molecule has 13 nitrogen and oxygen atoms in total. The van der Waals surface area contributed by atoms with Crippen LogP contribution in [0.4, 0.5) is 0 Å². The van der Waals surface area contributed by atoms with E-state index in [0.29, 0.717) is 0 Å². The van der Waals surface area contributed by atoms with Gasteiger partial charge in [0.2, 0.25) is 0 Å². The zero-order valence-electron chi connectivity index (χ0n) is 18.2. The van der Waals surface area contributed by atoms with E-state index in [1.54, 1.807) is 0 Å². The van der Waals surface area contributed by atoms with Gasteiger partial charge in [-0.1, -0.05) is 0 Å². The molecule has 2 fully saturated rings. The first-order valence-corrected chi connectivity index (χ1v) is 11.1. The molecule has 2 aliphatic rings. The second kappa shape index (κ2) is 13.0. The predicted molar refractivity (Wildman–Crippen MR) is 109 cm³/mol. The molecule has 0 aliphatic carbocycles. The van der Waals surface area contributed by atoms with Gasteiger partial charge in [-0.25, -0.2) is 0 Å². The number of rotatable bonds is 11. The summed E-state index contributed by atoms with van der Waals surface area (Å²) in [7, 11) is 0. The highest BCUT2D eigenvalue weighted by atomic mass is 16.5. The smallest absolute Gasteiger partial charge is 0.106 e. The van der Waals surface area contributed by atoms with Crippen LogP contribution in [0.3, 0.4) is 0 Å². The van der Waals surface area contributed by atoms with Crippen LogP contribution in [-0.2, 0) is 9.47 Å². The molecule has 13 atom stereocenters. The zero-order chi connectivity index (χ0) is 24.9. The van der Waals surface area contributed by atoms with Crippen molar-refractivity contribution in [3.63, 3.8) is 0 Å². The average molecular weight is 487 g/mol. The molecule has 13 heteroatoms. The fourth-order valence-corrected chi connectivity index (χ4v) is 4.71. The van der Waals surface area contributed by atoms with E-state index in [1.807, 2.05) is 0 Å². The predicted octanol–water partition coefficient (Wildman–Crippen LogP) is -5.58. The first-order chi connectivity index (χ1) is 15.6. The standard InChI is InChI=1S/C20H38O13/c21-4-8-1-11(25)19(30)14(32-8)3-10-16(7-24)33-15(20(31)18(10)29)2-9(12(26)5-22)17(28)13(27)6-23/h8-31H,1-7H2. The minimum Gasteiger partial charge on any atom is -0.394 e. The van der Waals surface area contributed by atoms with E-state index in [-0.39, 0.29) is 19.3 Å². The normalized spacial score (nSPS) is 41.4. The van der Waals surface area contributed by atoms with Crippen molar-refractivity contribution in [2.45, 2.75) is 86.4 Å². The van der Waals surface area contributed by atoms with Crippen LogP contribution in [0.2, 0.25) is 0 Å². The van der Waals surface area contributed by atoms with E-state index in [4.69, 9.17) is 14.6 Å². The SMILES string of the molecule is OCC1CC(O)C(O)C(CC2C(CO)OC(CC(C(O)CO)C(O)C(O)CO)C(O)C2O)O1. The first kappa shape index (κ1) is 28.7. The maximum absolute atomic E-state index is 10.8. The Hall–Kier alpha value is -0.520. The third kappa shape index (κ3) is 6.79. The molecule has 0 radical (unpaired) electrons. The maximum Gasteiger partial charge on any atom is 0.106 e. The molecule has 0 amide bonds. The molecule has 2 heterocycles. The molecule has 2 saturated heterocycles. The Morgan fingerprint density at radius 1 is 0.697 bits per heavy atom. The Bertz CT molecular complexity index is 566. The molecule has 2 aliphatic heterocycles. The van der Waals surface area contributed by atoms with Gasteiger partial charge in [-0.3, -0.25) is 0 Å². The molecule has 0 bridgehead atoms. The Morgan fingerprint density at radius 3 is 1.88 bits per heavy atom.